The summed E-state index contributed by atoms with van der Waals surface area (Å²) in [5.74, 6) is 0. The third-order valence-electron chi connectivity index (χ3n) is 2.96. The molecule has 15 heavy (non-hydrogen) atoms. The first-order valence-electron chi connectivity index (χ1n) is 5.62. The van der Waals surface area contributed by atoms with Crippen LogP contribution in [0.3, 0.4) is 0 Å². The second-order valence-electron chi connectivity index (χ2n) is 4.28. The van der Waals surface area contributed by atoms with Crippen molar-refractivity contribution in [2.45, 2.75) is 38.7 Å². The fourth-order valence-electron chi connectivity index (χ4n) is 2.07. The van der Waals surface area contributed by atoms with Gasteiger partial charge in [0.05, 0.1) is 6.10 Å². The van der Waals surface area contributed by atoms with Crippen molar-refractivity contribution in [3.05, 3.63) is 34.3 Å². The van der Waals surface area contributed by atoms with Crippen molar-refractivity contribution in [1.29, 1.82) is 0 Å². The van der Waals surface area contributed by atoms with Crippen molar-refractivity contribution in [3.63, 3.8) is 0 Å². The van der Waals surface area contributed by atoms with E-state index in [2.05, 4.69) is 12.1 Å². The molecule has 0 aliphatic carbocycles. The Balaban J connectivity index is 2.00. The highest BCUT2D eigenvalue weighted by molar-refractivity contribution is 6.31. The Morgan fingerprint density at radius 1 is 1.40 bits per heavy atom. The van der Waals surface area contributed by atoms with Crippen molar-refractivity contribution in [2.24, 2.45) is 0 Å². The molecule has 0 N–H and O–H groups in total. The van der Waals surface area contributed by atoms with Gasteiger partial charge in [0.2, 0.25) is 0 Å². The molecule has 1 aliphatic heterocycles. The molecule has 1 heterocycles. The number of hydrogen-bond donors (Lipinski definition) is 0. The van der Waals surface area contributed by atoms with Gasteiger partial charge in [-0.15, -0.1) is 0 Å². The zero-order valence-corrected chi connectivity index (χ0v) is 9.89. The highest BCUT2D eigenvalue weighted by Gasteiger charge is 2.14. The maximum absolute atomic E-state index is 5.99. The average molecular weight is 225 g/mol. The lowest BCUT2D eigenvalue weighted by Gasteiger charge is -2.22. The predicted molar refractivity (Wildman–Crippen MR) is 63.5 cm³/mol. The van der Waals surface area contributed by atoms with Crippen LogP contribution in [0, 0.1) is 6.92 Å². The number of hydrogen-bond acceptors (Lipinski definition) is 1. The first-order valence-corrected chi connectivity index (χ1v) is 6.00. The van der Waals surface area contributed by atoms with Crippen LogP contribution < -0.4 is 0 Å². The standard InChI is InChI=1S/C13H17ClO/c1-10-8-11(5-6-13(10)14)9-12-4-2-3-7-15-12/h5-6,8,12H,2-4,7,9H2,1H3. The second-order valence-corrected chi connectivity index (χ2v) is 4.68. The van der Waals surface area contributed by atoms with Crippen LogP contribution >= 0.6 is 11.6 Å². The summed E-state index contributed by atoms with van der Waals surface area (Å²) in [7, 11) is 0. The van der Waals surface area contributed by atoms with E-state index in [4.69, 9.17) is 16.3 Å². The largest absolute Gasteiger partial charge is 0.378 e. The molecule has 1 aliphatic rings. The van der Waals surface area contributed by atoms with Gasteiger partial charge in [0.15, 0.2) is 0 Å². The number of aryl methyl sites for hydroxylation is 1. The maximum atomic E-state index is 5.99. The molecule has 0 aromatic heterocycles. The normalized spacial score (nSPS) is 21.6. The molecule has 1 unspecified atom stereocenters. The van der Waals surface area contributed by atoms with E-state index in [9.17, 15) is 0 Å². The fourth-order valence-corrected chi connectivity index (χ4v) is 2.18. The number of benzene rings is 1. The SMILES string of the molecule is Cc1cc(CC2CCCCO2)ccc1Cl. The highest BCUT2D eigenvalue weighted by Crippen LogP contribution is 2.21. The van der Waals surface area contributed by atoms with Crippen LogP contribution in [0.5, 0.6) is 0 Å². The van der Waals surface area contributed by atoms with Crippen molar-refractivity contribution in [2.75, 3.05) is 6.61 Å². The van der Waals surface area contributed by atoms with Crippen LogP contribution in [0.25, 0.3) is 0 Å². The summed E-state index contributed by atoms with van der Waals surface area (Å²) in [6.45, 7) is 2.98. The topological polar surface area (TPSA) is 9.23 Å². The molecule has 0 radical (unpaired) electrons. The molecule has 0 bridgehead atoms. The predicted octanol–water partition coefficient (Wildman–Crippen LogP) is 3.76. The van der Waals surface area contributed by atoms with Crippen LogP contribution in [0.15, 0.2) is 18.2 Å². The highest BCUT2D eigenvalue weighted by atomic mass is 35.5. The Morgan fingerprint density at radius 3 is 2.93 bits per heavy atom. The second kappa shape index (κ2) is 5.00. The summed E-state index contributed by atoms with van der Waals surface area (Å²) < 4.78 is 5.72. The number of ether oxygens (including phenoxy) is 1. The average Bonchev–Trinajstić information content (AvgIpc) is 2.25. The van der Waals surface area contributed by atoms with E-state index < -0.39 is 0 Å². The van der Waals surface area contributed by atoms with Gasteiger partial charge in [-0.2, -0.15) is 0 Å². The molecule has 82 valence electrons. The van der Waals surface area contributed by atoms with E-state index in [-0.39, 0.29) is 0 Å². The minimum atomic E-state index is 0.416. The zero-order valence-electron chi connectivity index (χ0n) is 9.13. The molecule has 1 saturated heterocycles. The summed E-state index contributed by atoms with van der Waals surface area (Å²) >= 11 is 5.99. The first-order chi connectivity index (χ1) is 7.25. The third-order valence-corrected chi connectivity index (χ3v) is 3.38. The van der Waals surface area contributed by atoms with E-state index in [0.717, 1.165) is 23.6 Å². The van der Waals surface area contributed by atoms with Crippen molar-refractivity contribution in [1.82, 2.24) is 0 Å². The zero-order chi connectivity index (χ0) is 10.7. The van der Waals surface area contributed by atoms with Gasteiger partial charge >= 0.3 is 0 Å². The number of halogens is 1. The van der Waals surface area contributed by atoms with Crippen molar-refractivity contribution < 1.29 is 4.74 Å². The van der Waals surface area contributed by atoms with Gasteiger partial charge in [-0.3, -0.25) is 0 Å². The molecule has 1 fully saturated rings. The van der Waals surface area contributed by atoms with Gasteiger partial charge in [-0.1, -0.05) is 23.7 Å². The lowest BCUT2D eigenvalue weighted by Crippen LogP contribution is -2.21. The summed E-state index contributed by atoms with van der Waals surface area (Å²) in [5, 5.41) is 0.850. The Hall–Kier alpha value is -0.530. The number of rotatable bonds is 2. The lowest BCUT2D eigenvalue weighted by molar-refractivity contribution is 0.0168. The van der Waals surface area contributed by atoms with Crippen LogP contribution in [0.4, 0.5) is 0 Å². The fraction of sp³-hybridized carbons (Fsp3) is 0.538. The molecule has 0 amide bonds. The van der Waals surface area contributed by atoms with E-state index in [1.165, 1.54) is 24.8 Å². The van der Waals surface area contributed by atoms with Gasteiger partial charge in [0.1, 0.15) is 0 Å². The molecular weight excluding hydrogens is 208 g/mol. The summed E-state index contributed by atoms with van der Waals surface area (Å²) in [6, 6.07) is 6.25. The minimum absolute atomic E-state index is 0.416. The molecule has 0 saturated carbocycles. The Labute approximate surface area is 96.4 Å². The van der Waals surface area contributed by atoms with Gasteiger partial charge in [0.25, 0.3) is 0 Å². The van der Waals surface area contributed by atoms with Gasteiger partial charge < -0.3 is 4.74 Å². The monoisotopic (exact) mass is 224 g/mol. The third kappa shape index (κ3) is 2.96. The van der Waals surface area contributed by atoms with Crippen LogP contribution in [-0.2, 0) is 11.2 Å². The summed E-state index contributed by atoms with van der Waals surface area (Å²) in [4.78, 5) is 0. The van der Waals surface area contributed by atoms with Crippen molar-refractivity contribution >= 4 is 11.6 Å². The lowest BCUT2D eigenvalue weighted by atomic mass is 10.0. The molecule has 1 aromatic rings. The van der Waals surface area contributed by atoms with E-state index in [1.54, 1.807) is 0 Å². The van der Waals surface area contributed by atoms with Gasteiger partial charge in [-0.25, -0.2) is 0 Å². The van der Waals surface area contributed by atoms with E-state index >= 15 is 0 Å². The Morgan fingerprint density at radius 2 is 2.27 bits per heavy atom. The molecule has 0 spiro atoms. The van der Waals surface area contributed by atoms with Crippen molar-refractivity contribution in [3.8, 4) is 0 Å². The molecule has 1 atom stereocenters. The Kier molecular flexibility index (Phi) is 3.66. The molecule has 1 nitrogen and oxygen atoms in total. The van der Waals surface area contributed by atoms with Crippen LogP contribution in [0.2, 0.25) is 5.02 Å². The summed E-state index contributed by atoms with van der Waals surface area (Å²) in [6.07, 6.45) is 5.16. The van der Waals surface area contributed by atoms with Gasteiger partial charge in [-0.05, 0) is 49.8 Å². The quantitative estimate of drug-likeness (QED) is 0.743. The van der Waals surface area contributed by atoms with E-state index in [1.807, 2.05) is 13.0 Å². The maximum Gasteiger partial charge on any atom is 0.0615 e. The first kappa shape index (κ1) is 11.0. The molecule has 1 aromatic carbocycles. The molecule has 2 heteroatoms. The van der Waals surface area contributed by atoms with Crippen LogP contribution in [0.1, 0.15) is 30.4 Å². The van der Waals surface area contributed by atoms with E-state index in [0.29, 0.717) is 6.10 Å². The van der Waals surface area contributed by atoms with Crippen LogP contribution in [-0.4, -0.2) is 12.7 Å². The smallest absolute Gasteiger partial charge is 0.0615 e. The summed E-state index contributed by atoms with van der Waals surface area (Å²) in [5.41, 5.74) is 2.49. The molecular formula is C13H17ClO. The molecule has 2 rings (SSSR count). The Bertz CT molecular complexity index is 329. The minimum Gasteiger partial charge on any atom is -0.378 e. The van der Waals surface area contributed by atoms with Gasteiger partial charge in [0, 0.05) is 11.6 Å².